The molecular weight excluding hydrogens is 244 g/mol. The summed E-state index contributed by atoms with van der Waals surface area (Å²) < 4.78 is 25.9. The maximum absolute atomic E-state index is 13.0. The largest absolute Gasteiger partial charge is 0.369 e. The molecule has 1 fully saturated rings. The molecule has 18 heavy (non-hydrogen) atoms. The fraction of sp³-hybridized carbons (Fsp3) is 0.455. The van der Waals surface area contributed by atoms with Crippen molar-refractivity contribution in [1.82, 2.24) is 5.32 Å². The van der Waals surface area contributed by atoms with Crippen LogP contribution in [0, 0.1) is 10.1 Å². The summed E-state index contributed by atoms with van der Waals surface area (Å²) in [5.41, 5.74) is -0.188. The lowest BCUT2D eigenvalue weighted by Crippen LogP contribution is -2.43. The molecule has 0 atom stereocenters. The SMILES string of the molecule is O=[N+]([O-])c1ccc(N2CCNCC2)c(C(F)F)c1. The van der Waals surface area contributed by atoms with Crippen molar-refractivity contribution < 1.29 is 13.7 Å². The highest BCUT2D eigenvalue weighted by atomic mass is 19.3. The molecule has 1 N–H and O–H groups in total. The lowest BCUT2D eigenvalue weighted by molar-refractivity contribution is -0.385. The highest BCUT2D eigenvalue weighted by Crippen LogP contribution is 2.33. The third-order valence-electron chi connectivity index (χ3n) is 2.91. The van der Waals surface area contributed by atoms with Crippen LogP contribution in [0.2, 0.25) is 0 Å². The Hall–Kier alpha value is -1.76. The second kappa shape index (κ2) is 5.26. The first kappa shape index (κ1) is 12.7. The molecule has 2 rings (SSSR count). The van der Waals surface area contributed by atoms with Gasteiger partial charge in [-0.15, -0.1) is 0 Å². The van der Waals surface area contributed by atoms with Crippen molar-refractivity contribution in [3.05, 3.63) is 33.9 Å². The number of nitrogens with zero attached hydrogens (tertiary/aromatic N) is 2. The molecule has 1 aliphatic rings. The van der Waals surface area contributed by atoms with Gasteiger partial charge < -0.3 is 10.2 Å². The van der Waals surface area contributed by atoms with Crippen molar-refractivity contribution in [3.63, 3.8) is 0 Å². The predicted octanol–water partition coefficient (Wildman–Crippen LogP) is 1.94. The van der Waals surface area contributed by atoms with Gasteiger partial charge in [0, 0.05) is 49.6 Å². The van der Waals surface area contributed by atoms with E-state index in [-0.39, 0.29) is 11.3 Å². The van der Waals surface area contributed by atoms with Gasteiger partial charge in [0.2, 0.25) is 0 Å². The Kier molecular flexibility index (Phi) is 3.71. The molecule has 1 heterocycles. The lowest BCUT2D eigenvalue weighted by Gasteiger charge is -2.30. The number of piperazine rings is 1. The summed E-state index contributed by atoms with van der Waals surface area (Å²) in [5.74, 6) is 0. The minimum atomic E-state index is -2.71. The van der Waals surface area contributed by atoms with Crippen LogP contribution in [0.4, 0.5) is 20.2 Å². The van der Waals surface area contributed by atoms with Gasteiger partial charge >= 0.3 is 0 Å². The number of benzene rings is 1. The van der Waals surface area contributed by atoms with Crippen LogP contribution in [0.25, 0.3) is 0 Å². The van der Waals surface area contributed by atoms with E-state index in [0.29, 0.717) is 18.8 Å². The van der Waals surface area contributed by atoms with Crippen molar-refractivity contribution in [1.29, 1.82) is 0 Å². The molecule has 5 nitrogen and oxygen atoms in total. The number of hydrogen-bond acceptors (Lipinski definition) is 4. The zero-order valence-electron chi connectivity index (χ0n) is 9.60. The van der Waals surface area contributed by atoms with Crippen LogP contribution in [-0.4, -0.2) is 31.1 Å². The Morgan fingerprint density at radius 3 is 2.56 bits per heavy atom. The number of non-ortho nitro benzene ring substituents is 1. The molecule has 0 spiro atoms. The predicted molar refractivity (Wildman–Crippen MR) is 63.1 cm³/mol. The minimum Gasteiger partial charge on any atom is -0.369 e. The normalized spacial score (nSPS) is 16.1. The van der Waals surface area contributed by atoms with Gasteiger partial charge in [-0.1, -0.05) is 0 Å². The third-order valence-corrected chi connectivity index (χ3v) is 2.91. The second-order valence-electron chi connectivity index (χ2n) is 4.04. The first-order valence-electron chi connectivity index (χ1n) is 5.62. The first-order chi connectivity index (χ1) is 8.59. The number of hydrogen-bond donors (Lipinski definition) is 1. The van der Waals surface area contributed by atoms with E-state index in [0.717, 1.165) is 19.2 Å². The quantitative estimate of drug-likeness (QED) is 0.664. The molecular formula is C11H13F2N3O2. The lowest BCUT2D eigenvalue weighted by atomic mass is 10.1. The number of nitro groups is 1. The highest BCUT2D eigenvalue weighted by molar-refractivity contribution is 5.58. The monoisotopic (exact) mass is 257 g/mol. The molecule has 0 saturated carbocycles. The highest BCUT2D eigenvalue weighted by Gasteiger charge is 2.22. The molecule has 0 radical (unpaired) electrons. The fourth-order valence-electron chi connectivity index (χ4n) is 2.02. The first-order valence-corrected chi connectivity index (χ1v) is 5.62. The smallest absolute Gasteiger partial charge is 0.270 e. The Morgan fingerprint density at radius 1 is 1.33 bits per heavy atom. The molecule has 1 saturated heterocycles. The van der Waals surface area contributed by atoms with Crippen LogP contribution in [0.3, 0.4) is 0 Å². The number of anilines is 1. The summed E-state index contributed by atoms with van der Waals surface area (Å²) in [4.78, 5) is 11.8. The number of nitrogens with one attached hydrogen (secondary N) is 1. The maximum atomic E-state index is 13.0. The maximum Gasteiger partial charge on any atom is 0.270 e. The van der Waals surface area contributed by atoms with E-state index in [1.807, 2.05) is 4.90 Å². The molecule has 0 aromatic heterocycles. The summed E-state index contributed by atoms with van der Waals surface area (Å²) in [6, 6.07) is 3.64. The standard InChI is InChI=1S/C11H13F2N3O2/c12-11(13)9-7-8(16(17)18)1-2-10(9)15-5-3-14-4-6-15/h1-2,7,11,14H,3-6H2. The van der Waals surface area contributed by atoms with Gasteiger partial charge in [0.1, 0.15) is 0 Å². The van der Waals surface area contributed by atoms with E-state index < -0.39 is 11.3 Å². The van der Waals surface area contributed by atoms with Crippen LogP contribution in [0.1, 0.15) is 12.0 Å². The van der Waals surface area contributed by atoms with Crippen molar-refractivity contribution in [2.45, 2.75) is 6.43 Å². The van der Waals surface area contributed by atoms with Gasteiger partial charge in [-0.3, -0.25) is 10.1 Å². The average molecular weight is 257 g/mol. The van der Waals surface area contributed by atoms with Gasteiger partial charge in [-0.05, 0) is 6.07 Å². The fourth-order valence-corrected chi connectivity index (χ4v) is 2.02. The van der Waals surface area contributed by atoms with E-state index in [2.05, 4.69) is 5.32 Å². The summed E-state index contributed by atoms with van der Waals surface area (Å²) >= 11 is 0. The summed E-state index contributed by atoms with van der Waals surface area (Å²) in [6.07, 6.45) is -2.71. The van der Waals surface area contributed by atoms with E-state index in [4.69, 9.17) is 0 Å². The number of alkyl halides is 2. The van der Waals surface area contributed by atoms with Crippen LogP contribution < -0.4 is 10.2 Å². The topological polar surface area (TPSA) is 58.4 Å². The van der Waals surface area contributed by atoms with E-state index >= 15 is 0 Å². The average Bonchev–Trinajstić information content (AvgIpc) is 2.39. The van der Waals surface area contributed by atoms with Crippen molar-refractivity contribution >= 4 is 11.4 Å². The number of nitro benzene ring substituents is 1. The van der Waals surface area contributed by atoms with Crippen LogP contribution in [0.5, 0.6) is 0 Å². The molecule has 7 heteroatoms. The molecule has 1 aromatic rings. The summed E-state index contributed by atoms with van der Waals surface area (Å²) in [5, 5.41) is 13.7. The van der Waals surface area contributed by atoms with E-state index in [1.54, 1.807) is 0 Å². The Balaban J connectivity index is 2.36. The van der Waals surface area contributed by atoms with Crippen LogP contribution in [-0.2, 0) is 0 Å². The van der Waals surface area contributed by atoms with Crippen LogP contribution in [0.15, 0.2) is 18.2 Å². The number of rotatable bonds is 3. The van der Waals surface area contributed by atoms with Gasteiger partial charge in [-0.2, -0.15) is 0 Å². The third kappa shape index (κ3) is 2.56. The molecule has 0 amide bonds. The van der Waals surface area contributed by atoms with Crippen molar-refractivity contribution in [2.75, 3.05) is 31.1 Å². The molecule has 98 valence electrons. The van der Waals surface area contributed by atoms with Gasteiger partial charge in [0.15, 0.2) is 0 Å². The molecule has 0 unspecified atom stereocenters. The van der Waals surface area contributed by atoms with Gasteiger partial charge in [-0.25, -0.2) is 8.78 Å². The van der Waals surface area contributed by atoms with E-state index in [9.17, 15) is 18.9 Å². The zero-order chi connectivity index (χ0) is 13.1. The van der Waals surface area contributed by atoms with Gasteiger partial charge in [0.05, 0.1) is 4.92 Å². The molecule has 1 aliphatic heterocycles. The second-order valence-corrected chi connectivity index (χ2v) is 4.04. The summed E-state index contributed by atoms with van der Waals surface area (Å²) in [7, 11) is 0. The van der Waals surface area contributed by atoms with Gasteiger partial charge in [0.25, 0.3) is 12.1 Å². The van der Waals surface area contributed by atoms with Crippen molar-refractivity contribution in [3.8, 4) is 0 Å². The minimum absolute atomic E-state index is 0.272. The molecule has 0 bridgehead atoms. The molecule has 0 aliphatic carbocycles. The summed E-state index contributed by atoms with van der Waals surface area (Å²) in [6.45, 7) is 2.69. The number of halogens is 2. The Morgan fingerprint density at radius 2 is 2.00 bits per heavy atom. The molecule has 1 aromatic carbocycles. The Labute approximate surface area is 103 Å². The Bertz CT molecular complexity index is 448. The van der Waals surface area contributed by atoms with Crippen molar-refractivity contribution in [2.24, 2.45) is 0 Å². The van der Waals surface area contributed by atoms with E-state index in [1.165, 1.54) is 12.1 Å². The van der Waals surface area contributed by atoms with Crippen LogP contribution >= 0.6 is 0 Å². The zero-order valence-corrected chi connectivity index (χ0v) is 9.60.